The Morgan fingerprint density at radius 1 is 1.35 bits per heavy atom. The number of rotatable bonds is 3. The molecule has 0 aromatic carbocycles. The summed E-state index contributed by atoms with van der Waals surface area (Å²) in [6.07, 6.45) is 2.81. The molecule has 7 heteroatoms. The van der Waals surface area contributed by atoms with Gasteiger partial charge in [-0.1, -0.05) is 0 Å². The topological polar surface area (TPSA) is 105 Å². The van der Waals surface area contributed by atoms with Crippen molar-refractivity contribution in [3.63, 3.8) is 0 Å². The second-order valence-electron chi connectivity index (χ2n) is 3.82. The van der Waals surface area contributed by atoms with Crippen LogP contribution in [0.5, 0.6) is 0 Å². The van der Waals surface area contributed by atoms with Gasteiger partial charge in [0.05, 0.1) is 31.2 Å². The third-order valence-corrected chi connectivity index (χ3v) is 2.63. The molecule has 0 unspecified atom stereocenters. The number of carbonyl (C=O) groups is 1. The lowest BCUT2D eigenvalue weighted by atomic mass is 10.2. The maximum Gasteiger partial charge on any atom is 0.339 e. The van der Waals surface area contributed by atoms with Crippen molar-refractivity contribution in [3.05, 3.63) is 47.3 Å². The Morgan fingerprint density at radius 2 is 2.15 bits per heavy atom. The van der Waals surface area contributed by atoms with Gasteiger partial charge < -0.3 is 9.30 Å². The van der Waals surface area contributed by atoms with E-state index in [0.717, 1.165) is 0 Å². The molecule has 0 atom stereocenters. The quantitative estimate of drug-likeness (QED) is 0.763. The molecule has 0 saturated carbocycles. The van der Waals surface area contributed by atoms with E-state index >= 15 is 0 Å². The van der Waals surface area contributed by atoms with Crippen molar-refractivity contribution in [3.8, 4) is 12.1 Å². The maximum absolute atomic E-state index is 11.3. The predicted octanol–water partition coefficient (Wildman–Crippen LogP) is 0.856. The Bertz CT molecular complexity index is 719. The van der Waals surface area contributed by atoms with E-state index in [2.05, 4.69) is 14.7 Å². The molecule has 0 aliphatic carbocycles. The van der Waals surface area contributed by atoms with Gasteiger partial charge in [-0.3, -0.25) is 4.98 Å². The largest absolute Gasteiger partial charge is 0.465 e. The zero-order chi connectivity index (χ0) is 14.5. The van der Waals surface area contributed by atoms with Gasteiger partial charge in [0.15, 0.2) is 11.4 Å². The minimum absolute atomic E-state index is 0.0821. The molecule has 7 nitrogen and oxygen atoms in total. The normalized spacial score (nSPS) is 9.55. The minimum atomic E-state index is -0.462. The van der Waals surface area contributed by atoms with Crippen molar-refractivity contribution >= 4 is 5.97 Å². The molecule has 2 aromatic heterocycles. The van der Waals surface area contributed by atoms with Gasteiger partial charge in [-0.15, -0.1) is 0 Å². The lowest BCUT2D eigenvalue weighted by Gasteiger charge is -2.04. The van der Waals surface area contributed by atoms with Crippen molar-refractivity contribution < 1.29 is 9.53 Å². The van der Waals surface area contributed by atoms with Crippen LogP contribution in [0.1, 0.15) is 27.4 Å². The third kappa shape index (κ3) is 2.47. The number of ether oxygens (including phenoxy) is 1. The van der Waals surface area contributed by atoms with E-state index < -0.39 is 5.97 Å². The van der Waals surface area contributed by atoms with E-state index in [1.54, 1.807) is 12.1 Å². The fourth-order valence-electron chi connectivity index (χ4n) is 1.63. The van der Waals surface area contributed by atoms with Crippen molar-refractivity contribution in [1.82, 2.24) is 14.5 Å². The molecule has 0 N–H and O–H groups in total. The molecule has 0 bridgehead atoms. The molecule has 0 amide bonds. The van der Waals surface area contributed by atoms with Gasteiger partial charge in [0.25, 0.3) is 0 Å². The number of hydrogen-bond acceptors (Lipinski definition) is 6. The van der Waals surface area contributed by atoms with Gasteiger partial charge in [-0.25, -0.2) is 9.78 Å². The first kappa shape index (κ1) is 13.2. The fraction of sp³-hybridized carbons (Fsp3) is 0.154. The third-order valence-electron chi connectivity index (χ3n) is 2.63. The smallest absolute Gasteiger partial charge is 0.339 e. The highest BCUT2D eigenvalue weighted by molar-refractivity contribution is 5.88. The lowest BCUT2D eigenvalue weighted by Crippen LogP contribution is -2.06. The van der Waals surface area contributed by atoms with Crippen molar-refractivity contribution in [2.24, 2.45) is 0 Å². The number of carbonyl (C=O) groups excluding carboxylic acids is 1. The van der Waals surface area contributed by atoms with Crippen molar-refractivity contribution in [1.29, 1.82) is 10.5 Å². The summed E-state index contributed by atoms with van der Waals surface area (Å²) < 4.78 is 6.10. The van der Waals surface area contributed by atoms with E-state index in [4.69, 9.17) is 10.5 Å². The standard InChI is InChI=1S/C13H9N5O2/c1-20-13(19)9-2-3-10(16-6-9)7-18-8-17-11(4-14)12(18)5-15/h2-3,6,8H,7H2,1H3. The number of nitrogens with zero attached hydrogens (tertiary/aromatic N) is 5. The summed E-state index contributed by atoms with van der Waals surface area (Å²) in [5.41, 5.74) is 1.25. The van der Waals surface area contributed by atoms with Gasteiger partial charge in [-0.05, 0) is 12.1 Å². The molecular formula is C13H9N5O2. The maximum atomic E-state index is 11.3. The van der Waals surface area contributed by atoms with E-state index in [1.807, 2.05) is 12.1 Å². The molecule has 0 fully saturated rings. The number of pyridine rings is 1. The summed E-state index contributed by atoms with van der Waals surface area (Å²) in [5, 5.41) is 17.8. The summed E-state index contributed by atoms with van der Waals surface area (Å²) in [6, 6.07) is 7.02. The predicted molar refractivity (Wildman–Crippen MR) is 66.3 cm³/mol. The number of imidazole rings is 1. The second-order valence-corrected chi connectivity index (χ2v) is 3.82. The van der Waals surface area contributed by atoms with E-state index in [-0.39, 0.29) is 11.4 Å². The molecule has 0 aliphatic rings. The first-order valence-electron chi connectivity index (χ1n) is 5.58. The zero-order valence-corrected chi connectivity index (χ0v) is 10.6. The summed E-state index contributed by atoms with van der Waals surface area (Å²) in [6.45, 7) is 0.291. The van der Waals surface area contributed by atoms with Crippen LogP contribution in [0.2, 0.25) is 0 Å². The van der Waals surface area contributed by atoms with Crippen LogP contribution in [0.15, 0.2) is 24.7 Å². The van der Waals surface area contributed by atoms with Crippen LogP contribution in [0.4, 0.5) is 0 Å². The zero-order valence-electron chi connectivity index (χ0n) is 10.6. The average molecular weight is 267 g/mol. The van der Waals surface area contributed by atoms with Gasteiger partial charge in [-0.2, -0.15) is 10.5 Å². The van der Waals surface area contributed by atoms with E-state index in [9.17, 15) is 4.79 Å². The van der Waals surface area contributed by atoms with Gasteiger partial charge in [0, 0.05) is 6.20 Å². The van der Waals surface area contributed by atoms with Gasteiger partial charge >= 0.3 is 5.97 Å². The molecule has 0 spiro atoms. The fourth-order valence-corrected chi connectivity index (χ4v) is 1.63. The average Bonchev–Trinajstić information content (AvgIpc) is 2.89. The van der Waals surface area contributed by atoms with E-state index in [0.29, 0.717) is 17.8 Å². The summed E-state index contributed by atoms with van der Waals surface area (Å²) in [4.78, 5) is 19.2. The highest BCUT2D eigenvalue weighted by Gasteiger charge is 2.11. The molecule has 0 aliphatic heterocycles. The van der Waals surface area contributed by atoms with Crippen LogP contribution >= 0.6 is 0 Å². The monoisotopic (exact) mass is 267 g/mol. The molecule has 98 valence electrons. The van der Waals surface area contributed by atoms with E-state index in [1.165, 1.54) is 24.2 Å². The molecule has 20 heavy (non-hydrogen) atoms. The molecule has 2 heterocycles. The minimum Gasteiger partial charge on any atom is -0.465 e. The number of nitriles is 2. The van der Waals surface area contributed by atoms with Crippen LogP contribution in [0.3, 0.4) is 0 Å². The van der Waals surface area contributed by atoms with Gasteiger partial charge in [0.2, 0.25) is 0 Å². The number of hydrogen-bond donors (Lipinski definition) is 0. The summed E-state index contributed by atoms with van der Waals surface area (Å²) in [7, 11) is 1.30. The highest BCUT2D eigenvalue weighted by Crippen LogP contribution is 2.09. The number of aromatic nitrogens is 3. The Hall–Kier alpha value is -3.19. The SMILES string of the molecule is COC(=O)c1ccc(Cn2cnc(C#N)c2C#N)nc1. The van der Waals surface area contributed by atoms with Crippen LogP contribution in [-0.2, 0) is 11.3 Å². The van der Waals surface area contributed by atoms with Crippen LogP contribution < -0.4 is 0 Å². The first-order valence-corrected chi connectivity index (χ1v) is 5.58. The first-order chi connectivity index (χ1) is 9.69. The van der Waals surface area contributed by atoms with Crippen LogP contribution in [0, 0.1) is 22.7 Å². The summed E-state index contributed by atoms with van der Waals surface area (Å²) in [5.74, 6) is -0.462. The second kappa shape index (κ2) is 5.63. The molecule has 0 saturated heterocycles. The van der Waals surface area contributed by atoms with Gasteiger partial charge in [0.1, 0.15) is 12.1 Å². The molecule has 2 aromatic rings. The number of esters is 1. The van der Waals surface area contributed by atoms with Crippen LogP contribution in [0.25, 0.3) is 0 Å². The van der Waals surface area contributed by atoms with Crippen molar-refractivity contribution in [2.75, 3.05) is 7.11 Å². The highest BCUT2D eigenvalue weighted by atomic mass is 16.5. The molecule has 2 rings (SSSR count). The Labute approximate surface area is 114 Å². The Morgan fingerprint density at radius 3 is 2.70 bits per heavy atom. The Kier molecular flexibility index (Phi) is 3.73. The van der Waals surface area contributed by atoms with Crippen LogP contribution in [-0.4, -0.2) is 27.6 Å². The summed E-state index contributed by atoms with van der Waals surface area (Å²) >= 11 is 0. The molecule has 0 radical (unpaired) electrons. The molecular weight excluding hydrogens is 258 g/mol. The number of methoxy groups -OCH3 is 1. The van der Waals surface area contributed by atoms with Crippen molar-refractivity contribution in [2.45, 2.75) is 6.54 Å². The lowest BCUT2D eigenvalue weighted by molar-refractivity contribution is 0.0600. The Balaban J connectivity index is 2.23.